The lowest BCUT2D eigenvalue weighted by molar-refractivity contribution is 0.354. The number of nitrogens with zero attached hydrogens (tertiary/aromatic N) is 1. The van der Waals surface area contributed by atoms with E-state index in [1.165, 1.54) is 11.1 Å². The van der Waals surface area contributed by atoms with Crippen molar-refractivity contribution in [1.82, 2.24) is 10.6 Å². The maximum Gasteiger partial charge on any atom is 0.190 e. The third kappa shape index (κ3) is 8.07. The number of halogens is 1. The number of hydrogen-bond acceptors (Lipinski definition) is 3. The summed E-state index contributed by atoms with van der Waals surface area (Å²) < 4.78 is 10.6. The van der Waals surface area contributed by atoms with E-state index in [1.54, 1.807) is 21.3 Å². The minimum absolute atomic E-state index is 0. The van der Waals surface area contributed by atoms with Gasteiger partial charge in [0.1, 0.15) is 0 Å². The Kier molecular flexibility index (Phi) is 11.3. The molecule has 0 aliphatic carbocycles. The van der Waals surface area contributed by atoms with E-state index < -0.39 is 0 Å². The summed E-state index contributed by atoms with van der Waals surface area (Å²) in [5.74, 6) is 2.34. The lowest BCUT2D eigenvalue weighted by Crippen LogP contribution is -2.38. The minimum atomic E-state index is 0. The van der Waals surface area contributed by atoms with E-state index in [-0.39, 0.29) is 24.0 Å². The van der Waals surface area contributed by atoms with Crippen molar-refractivity contribution in [2.24, 2.45) is 4.99 Å². The number of aliphatic imine (C=N–C) groups is 1. The molecular formula is C21H30IN3O2. The van der Waals surface area contributed by atoms with E-state index >= 15 is 0 Å². The monoisotopic (exact) mass is 483 g/mol. The largest absolute Gasteiger partial charge is 0.493 e. The van der Waals surface area contributed by atoms with Crippen LogP contribution in [0.5, 0.6) is 11.5 Å². The molecule has 0 aliphatic heterocycles. The van der Waals surface area contributed by atoms with Crippen molar-refractivity contribution in [1.29, 1.82) is 0 Å². The maximum absolute atomic E-state index is 5.35. The first-order valence-corrected chi connectivity index (χ1v) is 8.96. The summed E-state index contributed by atoms with van der Waals surface area (Å²) in [5, 5.41) is 6.71. The van der Waals surface area contributed by atoms with Gasteiger partial charge in [-0.2, -0.15) is 0 Å². The van der Waals surface area contributed by atoms with Crippen molar-refractivity contribution in [3.63, 3.8) is 0 Å². The topological polar surface area (TPSA) is 54.9 Å². The summed E-state index contributed by atoms with van der Waals surface area (Å²) in [6.45, 7) is 1.69. The Bertz CT molecular complexity index is 693. The summed E-state index contributed by atoms with van der Waals surface area (Å²) in [7, 11) is 5.09. The van der Waals surface area contributed by atoms with E-state index in [2.05, 4.69) is 46.0 Å². The molecule has 2 N–H and O–H groups in total. The van der Waals surface area contributed by atoms with Crippen molar-refractivity contribution < 1.29 is 9.47 Å². The van der Waals surface area contributed by atoms with Crippen LogP contribution in [0, 0.1) is 0 Å². The summed E-state index contributed by atoms with van der Waals surface area (Å²) in [6, 6.07) is 16.5. The first-order valence-electron chi connectivity index (χ1n) is 8.96. The van der Waals surface area contributed by atoms with Gasteiger partial charge in [0.15, 0.2) is 17.5 Å². The highest BCUT2D eigenvalue weighted by atomic mass is 127. The molecule has 0 fully saturated rings. The van der Waals surface area contributed by atoms with Crippen LogP contribution in [0.1, 0.15) is 17.5 Å². The van der Waals surface area contributed by atoms with Crippen LogP contribution >= 0.6 is 24.0 Å². The number of hydrogen-bond donors (Lipinski definition) is 2. The van der Waals surface area contributed by atoms with Gasteiger partial charge in [0.25, 0.3) is 0 Å². The van der Waals surface area contributed by atoms with Crippen LogP contribution in [-0.4, -0.2) is 40.3 Å². The van der Waals surface area contributed by atoms with Gasteiger partial charge < -0.3 is 20.1 Å². The highest BCUT2D eigenvalue weighted by molar-refractivity contribution is 14.0. The molecule has 2 aromatic carbocycles. The number of rotatable bonds is 9. The second-order valence-electron chi connectivity index (χ2n) is 5.95. The maximum atomic E-state index is 5.35. The van der Waals surface area contributed by atoms with Crippen molar-refractivity contribution in [2.45, 2.75) is 19.3 Å². The van der Waals surface area contributed by atoms with E-state index in [9.17, 15) is 0 Å². The minimum Gasteiger partial charge on any atom is -0.493 e. The molecule has 0 saturated carbocycles. The fraction of sp³-hybridized carbons (Fsp3) is 0.381. The van der Waals surface area contributed by atoms with Crippen molar-refractivity contribution >= 4 is 29.9 Å². The molecule has 0 heterocycles. The second-order valence-corrected chi connectivity index (χ2v) is 5.95. The Morgan fingerprint density at radius 1 is 0.852 bits per heavy atom. The van der Waals surface area contributed by atoms with Gasteiger partial charge in [-0.3, -0.25) is 4.99 Å². The number of guanidine groups is 1. The molecule has 148 valence electrons. The highest BCUT2D eigenvalue weighted by Gasteiger charge is 2.05. The zero-order valence-electron chi connectivity index (χ0n) is 16.3. The smallest absolute Gasteiger partial charge is 0.190 e. The fourth-order valence-corrected chi connectivity index (χ4v) is 2.73. The van der Waals surface area contributed by atoms with Gasteiger partial charge in [-0.1, -0.05) is 36.4 Å². The third-order valence-corrected chi connectivity index (χ3v) is 4.16. The summed E-state index contributed by atoms with van der Waals surface area (Å²) in [6.07, 6.45) is 3.02. The van der Waals surface area contributed by atoms with Crippen LogP contribution in [-0.2, 0) is 12.8 Å². The van der Waals surface area contributed by atoms with Gasteiger partial charge in [0, 0.05) is 20.1 Å². The standard InChI is InChI=1S/C21H29N3O2.HI/c1-22-21(23-14-7-10-17-8-5-4-6-9-17)24-15-13-18-11-12-19(25-2)20(16-18)26-3;/h4-6,8-9,11-12,16H,7,10,13-15H2,1-3H3,(H2,22,23,24);1H. The van der Waals surface area contributed by atoms with Crippen LogP contribution in [0.25, 0.3) is 0 Å². The number of benzene rings is 2. The van der Waals surface area contributed by atoms with Crippen molar-refractivity contribution in [3.8, 4) is 11.5 Å². The molecule has 0 amide bonds. The molecule has 0 radical (unpaired) electrons. The first-order chi connectivity index (χ1) is 12.8. The molecule has 0 unspecified atom stereocenters. The van der Waals surface area contributed by atoms with E-state index in [4.69, 9.17) is 9.47 Å². The quantitative estimate of drug-likeness (QED) is 0.248. The predicted molar refractivity (Wildman–Crippen MR) is 123 cm³/mol. The fourth-order valence-electron chi connectivity index (χ4n) is 2.73. The van der Waals surface area contributed by atoms with E-state index in [1.807, 2.05) is 18.2 Å². The van der Waals surface area contributed by atoms with Gasteiger partial charge in [-0.05, 0) is 42.5 Å². The number of methoxy groups -OCH3 is 2. The summed E-state index contributed by atoms with van der Waals surface area (Å²) >= 11 is 0. The molecule has 0 aromatic heterocycles. The summed E-state index contributed by atoms with van der Waals surface area (Å²) in [5.41, 5.74) is 2.56. The van der Waals surface area contributed by atoms with Crippen molar-refractivity contribution in [2.75, 3.05) is 34.4 Å². The van der Waals surface area contributed by atoms with Crippen LogP contribution < -0.4 is 20.1 Å². The first kappa shape index (κ1) is 23.1. The normalized spacial score (nSPS) is 10.7. The highest BCUT2D eigenvalue weighted by Crippen LogP contribution is 2.27. The van der Waals surface area contributed by atoms with Crippen LogP contribution in [0.4, 0.5) is 0 Å². The lowest BCUT2D eigenvalue weighted by Gasteiger charge is -2.13. The van der Waals surface area contributed by atoms with Crippen LogP contribution in [0.15, 0.2) is 53.5 Å². The summed E-state index contributed by atoms with van der Waals surface area (Å²) in [4.78, 5) is 4.27. The van der Waals surface area contributed by atoms with E-state index in [0.29, 0.717) is 0 Å². The Morgan fingerprint density at radius 2 is 1.56 bits per heavy atom. The SMILES string of the molecule is CN=C(NCCCc1ccccc1)NCCc1ccc(OC)c(OC)c1.I. The molecule has 5 nitrogen and oxygen atoms in total. The number of nitrogens with one attached hydrogen (secondary N) is 2. The molecular weight excluding hydrogens is 453 g/mol. The predicted octanol–water partition coefficient (Wildman–Crippen LogP) is 3.66. The molecule has 0 bridgehead atoms. The van der Waals surface area contributed by atoms with Gasteiger partial charge in [0.2, 0.25) is 0 Å². The van der Waals surface area contributed by atoms with Crippen molar-refractivity contribution in [3.05, 3.63) is 59.7 Å². The zero-order valence-corrected chi connectivity index (χ0v) is 18.7. The van der Waals surface area contributed by atoms with Gasteiger partial charge in [-0.25, -0.2) is 0 Å². The van der Waals surface area contributed by atoms with Gasteiger partial charge in [0.05, 0.1) is 14.2 Å². The Hall–Kier alpha value is -1.96. The van der Waals surface area contributed by atoms with Gasteiger partial charge >= 0.3 is 0 Å². The van der Waals surface area contributed by atoms with Crippen LogP contribution in [0.2, 0.25) is 0 Å². The van der Waals surface area contributed by atoms with Gasteiger partial charge in [-0.15, -0.1) is 24.0 Å². The molecule has 0 spiro atoms. The molecule has 0 aliphatic rings. The number of ether oxygens (including phenoxy) is 2. The Balaban J connectivity index is 0.00000364. The van der Waals surface area contributed by atoms with E-state index in [0.717, 1.165) is 49.8 Å². The molecule has 0 saturated heterocycles. The Labute approximate surface area is 179 Å². The average molecular weight is 483 g/mol. The molecule has 2 rings (SSSR count). The lowest BCUT2D eigenvalue weighted by atomic mass is 10.1. The Morgan fingerprint density at radius 3 is 2.22 bits per heavy atom. The van der Waals surface area contributed by atoms with Crippen LogP contribution in [0.3, 0.4) is 0 Å². The molecule has 0 atom stereocenters. The second kappa shape index (κ2) is 13.2. The molecule has 6 heteroatoms. The molecule has 2 aromatic rings. The zero-order chi connectivity index (χ0) is 18.6. The third-order valence-electron chi connectivity index (χ3n) is 4.16. The average Bonchev–Trinajstić information content (AvgIpc) is 2.70. The number of aryl methyl sites for hydroxylation is 1. The molecule has 27 heavy (non-hydrogen) atoms.